The van der Waals surface area contributed by atoms with Gasteiger partial charge in [-0.1, -0.05) is 0 Å². The second-order valence-corrected chi connectivity index (χ2v) is 8.88. The number of carbonyl (C=O) groups excluding carboxylic acids is 1. The molecule has 12 heteroatoms. The van der Waals surface area contributed by atoms with E-state index in [-0.39, 0.29) is 30.5 Å². The molecule has 0 aliphatic carbocycles. The number of aromatic nitrogens is 2. The average Bonchev–Trinajstić information content (AvgIpc) is 3.11. The Bertz CT molecular complexity index is 1060. The summed E-state index contributed by atoms with van der Waals surface area (Å²) in [6, 6.07) is 0.0358. The number of hydrogen-bond acceptors (Lipinski definition) is 4. The lowest BCUT2D eigenvalue weighted by molar-refractivity contribution is -0.120. The van der Waals surface area contributed by atoms with E-state index in [1.165, 1.54) is 10.9 Å². The number of nitrogens with zero attached hydrogens (tertiary/aromatic N) is 3. The summed E-state index contributed by atoms with van der Waals surface area (Å²) in [6.45, 7) is 3.74. The molecule has 1 amide bonds. The van der Waals surface area contributed by atoms with Gasteiger partial charge in [0.05, 0.1) is 11.6 Å². The van der Waals surface area contributed by atoms with Gasteiger partial charge >= 0.3 is 0 Å². The Morgan fingerprint density at radius 1 is 1.23 bits per heavy atom. The highest BCUT2D eigenvalue weighted by Gasteiger charge is 2.35. The predicted octanol–water partition coefficient (Wildman–Crippen LogP) is 2.81. The summed E-state index contributed by atoms with van der Waals surface area (Å²) in [5.41, 5.74) is -0.930. The topological polar surface area (TPSA) is 84.3 Å². The molecule has 1 aliphatic heterocycles. The van der Waals surface area contributed by atoms with Crippen molar-refractivity contribution in [3.63, 3.8) is 0 Å². The van der Waals surface area contributed by atoms with Gasteiger partial charge in [0, 0.05) is 31.9 Å². The number of amides is 1. The van der Waals surface area contributed by atoms with E-state index >= 15 is 0 Å². The van der Waals surface area contributed by atoms with Gasteiger partial charge in [-0.3, -0.25) is 9.48 Å². The van der Waals surface area contributed by atoms with Gasteiger partial charge in [0.2, 0.25) is 15.9 Å². The van der Waals surface area contributed by atoms with Crippen LogP contribution in [0.3, 0.4) is 0 Å². The second kappa shape index (κ2) is 8.34. The minimum Gasteiger partial charge on any atom is -0.321 e. The smallest absolute Gasteiger partial charge is 0.246 e. The zero-order valence-corrected chi connectivity index (χ0v) is 17.1. The van der Waals surface area contributed by atoms with Crippen molar-refractivity contribution in [1.82, 2.24) is 14.1 Å². The molecule has 164 valence electrons. The second-order valence-electron chi connectivity index (χ2n) is 6.97. The van der Waals surface area contributed by atoms with Crippen LogP contribution in [-0.4, -0.2) is 41.5 Å². The zero-order chi connectivity index (χ0) is 22.2. The molecule has 0 radical (unpaired) electrons. The van der Waals surface area contributed by atoms with E-state index in [1.54, 1.807) is 13.8 Å². The molecule has 1 atom stereocenters. The molecular weight excluding hydrogens is 428 g/mol. The highest BCUT2D eigenvalue weighted by molar-refractivity contribution is 7.89. The fourth-order valence-corrected chi connectivity index (χ4v) is 5.03. The lowest BCUT2D eigenvalue weighted by Gasteiger charge is -2.31. The molecule has 1 aliphatic rings. The van der Waals surface area contributed by atoms with E-state index in [4.69, 9.17) is 0 Å². The SMILES string of the molecule is CCn1cc(S(=O)(=O)N2CCC[C@@H](C(=O)Nc3c(F)c(F)cc(F)c3F)C2)c(C)n1. The van der Waals surface area contributed by atoms with Gasteiger partial charge in [-0.2, -0.15) is 9.40 Å². The third kappa shape index (κ3) is 4.06. The standard InChI is InChI=1S/C18H20F4N4O3S/c1-3-25-9-14(10(2)24-25)30(28,29)26-6-4-5-11(8-26)18(27)23-17-15(21)12(19)7-13(20)16(17)22/h7,9,11H,3-6,8H2,1-2H3,(H,23,27)/t11-/m1/s1. The fourth-order valence-electron chi connectivity index (χ4n) is 3.34. The Morgan fingerprint density at radius 3 is 2.43 bits per heavy atom. The normalized spacial score (nSPS) is 17.9. The number of carbonyl (C=O) groups is 1. The van der Waals surface area contributed by atoms with Crippen LogP contribution in [-0.2, 0) is 21.4 Å². The minimum atomic E-state index is -3.95. The van der Waals surface area contributed by atoms with Crippen molar-refractivity contribution in [3.8, 4) is 0 Å². The number of nitrogens with one attached hydrogen (secondary N) is 1. The molecule has 1 N–H and O–H groups in total. The lowest BCUT2D eigenvalue weighted by Crippen LogP contribution is -2.44. The molecule has 1 aromatic carbocycles. The van der Waals surface area contributed by atoms with Gasteiger partial charge < -0.3 is 5.32 Å². The molecule has 2 heterocycles. The van der Waals surface area contributed by atoms with Crippen LogP contribution in [0.2, 0.25) is 0 Å². The van der Waals surface area contributed by atoms with Gasteiger partial charge in [0.25, 0.3) is 0 Å². The average molecular weight is 448 g/mol. The number of hydrogen-bond donors (Lipinski definition) is 1. The number of aryl methyl sites for hydroxylation is 2. The fraction of sp³-hybridized carbons (Fsp3) is 0.444. The molecule has 1 aromatic heterocycles. The molecule has 2 aromatic rings. The first-order valence-corrected chi connectivity index (χ1v) is 10.7. The van der Waals surface area contributed by atoms with Gasteiger partial charge in [0.1, 0.15) is 10.6 Å². The number of rotatable bonds is 5. The van der Waals surface area contributed by atoms with E-state index < -0.39 is 50.8 Å². The Labute approximate surface area is 170 Å². The molecule has 30 heavy (non-hydrogen) atoms. The van der Waals surface area contributed by atoms with E-state index in [0.717, 1.165) is 4.31 Å². The van der Waals surface area contributed by atoms with Crippen LogP contribution in [0, 0.1) is 36.1 Å². The minimum absolute atomic E-state index is 0.00898. The van der Waals surface area contributed by atoms with Crippen molar-refractivity contribution in [2.75, 3.05) is 18.4 Å². The van der Waals surface area contributed by atoms with Crippen LogP contribution in [0.1, 0.15) is 25.5 Å². The van der Waals surface area contributed by atoms with Crippen LogP contribution < -0.4 is 5.32 Å². The van der Waals surface area contributed by atoms with Crippen molar-refractivity contribution in [2.45, 2.75) is 38.1 Å². The van der Waals surface area contributed by atoms with Crippen molar-refractivity contribution >= 4 is 21.6 Å². The number of halogens is 4. The molecule has 0 spiro atoms. The molecular formula is C18H20F4N4O3S. The van der Waals surface area contributed by atoms with Crippen LogP contribution >= 0.6 is 0 Å². The number of anilines is 1. The monoisotopic (exact) mass is 448 g/mol. The van der Waals surface area contributed by atoms with Crippen LogP contribution in [0.4, 0.5) is 23.2 Å². The first kappa shape index (κ1) is 22.2. The first-order chi connectivity index (χ1) is 14.1. The van der Waals surface area contributed by atoms with E-state index in [0.29, 0.717) is 18.7 Å². The van der Waals surface area contributed by atoms with E-state index in [9.17, 15) is 30.8 Å². The summed E-state index contributed by atoms with van der Waals surface area (Å²) in [6.07, 6.45) is 1.96. The molecule has 7 nitrogen and oxygen atoms in total. The Hall–Kier alpha value is -2.47. The molecule has 0 unspecified atom stereocenters. The van der Waals surface area contributed by atoms with Crippen LogP contribution in [0.25, 0.3) is 0 Å². The maximum Gasteiger partial charge on any atom is 0.246 e. The van der Waals surface area contributed by atoms with Crippen molar-refractivity contribution < 1.29 is 30.8 Å². The molecule has 1 saturated heterocycles. The van der Waals surface area contributed by atoms with Gasteiger partial charge in [-0.05, 0) is 26.7 Å². The third-order valence-electron chi connectivity index (χ3n) is 4.96. The largest absolute Gasteiger partial charge is 0.321 e. The summed E-state index contributed by atoms with van der Waals surface area (Å²) in [4.78, 5) is 12.5. The Balaban J connectivity index is 1.81. The van der Waals surface area contributed by atoms with E-state index in [1.807, 2.05) is 5.32 Å². The van der Waals surface area contributed by atoms with Gasteiger partial charge in [-0.25, -0.2) is 26.0 Å². The number of piperidine rings is 1. The summed E-state index contributed by atoms with van der Waals surface area (Å²) in [5, 5.41) is 5.97. The zero-order valence-electron chi connectivity index (χ0n) is 16.3. The molecule has 3 rings (SSSR count). The first-order valence-electron chi connectivity index (χ1n) is 9.24. The Kier molecular flexibility index (Phi) is 6.18. The number of benzene rings is 1. The third-order valence-corrected chi connectivity index (χ3v) is 6.93. The molecule has 1 fully saturated rings. The molecule has 0 saturated carbocycles. The summed E-state index contributed by atoms with van der Waals surface area (Å²) >= 11 is 0. The number of sulfonamides is 1. The predicted molar refractivity (Wildman–Crippen MR) is 99.0 cm³/mol. The maximum absolute atomic E-state index is 13.8. The van der Waals surface area contributed by atoms with Crippen LogP contribution in [0.15, 0.2) is 17.2 Å². The summed E-state index contributed by atoms with van der Waals surface area (Å²) < 4.78 is 82.9. The van der Waals surface area contributed by atoms with Crippen molar-refractivity contribution in [3.05, 3.63) is 41.2 Å². The van der Waals surface area contributed by atoms with Crippen LogP contribution in [0.5, 0.6) is 0 Å². The van der Waals surface area contributed by atoms with E-state index in [2.05, 4.69) is 5.10 Å². The summed E-state index contributed by atoms with van der Waals surface area (Å²) in [5.74, 6) is -8.66. The van der Waals surface area contributed by atoms with Gasteiger partial charge in [0.15, 0.2) is 23.3 Å². The lowest BCUT2D eigenvalue weighted by atomic mass is 9.98. The summed E-state index contributed by atoms with van der Waals surface area (Å²) in [7, 11) is -3.95. The Morgan fingerprint density at radius 2 is 1.87 bits per heavy atom. The maximum atomic E-state index is 13.8. The quantitative estimate of drug-likeness (QED) is 0.563. The van der Waals surface area contributed by atoms with Crippen molar-refractivity contribution in [1.29, 1.82) is 0 Å². The van der Waals surface area contributed by atoms with Gasteiger partial charge in [-0.15, -0.1) is 0 Å². The molecule has 0 bridgehead atoms. The highest BCUT2D eigenvalue weighted by Crippen LogP contribution is 2.28. The highest BCUT2D eigenvalue weighted by atomic mass is 32.2. The van der Waals surface area contributed by atoms with Crippen molar-refractivity contribution in [2.24, 2.45) is 5.92 Å².